The van der Waals surface area contributed by atoms with Crippen molar-refractivity contribution in [1.29, 1.82) is 0 Å². The summed E-state index contributed by atoms with van der Waals surface area (Å²) >= 11 is 4.24. The molecule has 1 aromatic carbocycles. The van der Waals surface area contributed by atoms with Gasteiger partial charge >= 0.3 is 0 Å². The van der Waals surface area contributed by atoms with E-state index in [0.29, 0.717) is 5.56 Å². The average molecular weight is 263 g/mol. The molecule has 1 aliphatic carbocycles. The van der Waals surface area contributed by atoms with Crippen LogP contribution in [0.1, 0.15) is 48.9 Å². The number of benzene rings is 1. The van der Waals surface area contributed by atoms with Gasteiger partial charge in [-0.15, -0.1) is 12.6 Å². The number of nitrogens with one attached hydrogen (secondary N) is 1. The van der Waals surface area contributed by atoms with Crippen LogP contribution in [-0.4, -0.2) is 12.5 Å². The summed E-state index contributed by atoms with van der Waals surface area (Å²) in [5.41, 5.74) is 0.700. The van der Waals surface area contributed by atoms with Crippen LogP contribution in [0.5, 0.6) is 0 Å². The minimum Gasteiger partial charge on any atom is -0.352 e. The lowest BCUT2D eigenvalue weighted by Gasteiger charge is -2.21. The van der Waals surface area contributed by atoms with Gasteiger partial charge in [-0.25, -0.2) is 0 Å². The van der Waals surface area contributed by atoms with E-state index in [2.05, 4.69) is 17.9 Å². The van der Waals surface area contributed by atoms with E-state index < -0.39 is 0 Å². The number of amides is 1. The van der Waals surface area contributed by atoms with Gasteiger partial charge in [0.15, 0.2) is 0 Å². The van der Waals surface area contributed by atoms with Gasteiger partial charge in [-0.3, -0.25) is 4.79 Å². The minimum absolute atomic E-state index is 0.0155. The fourth-order valence-corrected chi connectivity index (χ4v) is 2.84. The maximum absolute atomic E-state index is 11.9. The van der Waals surface area contributed by atoms with Crippen molar-refractivity contribution in [2.24, 2.45) is 5.92 Å². The first-order valence-electron chi connectivity index (χ1n) is 6.83. The third-order valence-corrected chi connectivity index (χ3v) is 3.95. The summed E-state index contributed by atoms with van der Waals surface area (Å²) in [6, 6.07) is 7.37. The molecule has 0 unspecified atom stereocenters. The second-order valence-electron chi connectivity index (χ2n) is 5.10. The van der Waals surface area contributed by atoms with E-state index in [1.54, 1.807) is 6.07 Å². The maximum atomic E-state index is 11.9. The molecule has 0 saturated heterocycles. The Labute approximate surface area is 115 Å². The zero-order valence-electron chi connectivity index (χ0n) is 10.7. The van der Waals surface area contributed by atoms with Crippen LogP contribution in [-0.2, 0) is 0 Å². The lowest BCUT2D eigenvalue weighted by molar-refractivity contribution is 0.0950. The number of hydrogen-bond donors (Lipinski definition) is 2. The minimum atomic E-state index is 0.0155. The van der Waals surface area contributed by atoms with Crippen molar-refractivity contribution in [3.05, 3.63) is 29.8 Å². The molecule has 0 aliphatic heterocycles. The van der Waals surface area contributed by atoms with E-state index in [1.165, 1.54) is 32.1 Å². The maximum Gasteiger partial charge on any atom is 0.251 e. The molecule has 2 nitrogen and oxygen atoms in total. The average Bonchev–Trinajstić information content (AvgIpc) is 2.40. The van der Waals surface area contributed by atoms with Gasteiger partial charge < -0.3 is 5.32 Å². The van der Waals surface area contributed by atoms with Gasteiger partial charge in [-0.2, -0.15) is 0 Å². The van der Waals surface area contributed by atoms with Crippen LogP contribution in [0.4, 0.5) is 0 Å². The first kappa shape index (κ1) is 13.5. The number of carbonyl (C=O) groups is 1. The van der Waals surface area contributed by atoms with E-state index in [9.17, 15) is 4.79 Å². The monoisotopic (exact) mass is 263 g/mol. The van der Waals surface area contributed by atoms with Crippen molar-refractivity contribution in [3.8, 4) is 0 Å². The summed E-state index contributed by atoms with van der Waals surface area (Å²) in [4.78, 5) is 12.7. The summed E-state index contributed by atoms with van der Waals surface area (Å²) in [5.74, 6) is 0.831. The molecule has 3 heteroatoms. The largest absolute Gasteiger partial charge is 0.352 e. The van der Waals surface area contributed by atoms with Crippen molar-refractivity contribution in [3.63, 3.8) is 0 Å². The van der Waals surface area contributed by atoms with Crippen molar-refractivity contribution in [2.45, 2.75) is 43.4 Å². The molecule has 0 atom stereocenters. The summed E-state index contributed by atoms with van der Waals surface area (Å²) in [6.07, 6.45) is 7.90. The van der Waals surface area contributed by atoms with Crippen molar-refractivity contribution < 1.29 is 4.79 Å². The Morgan fingerprint density at radius 1 is 1.28 bits per heavy atom. The van der Waals surface area contributed by atoms with Crippen LogP contribution in [0, 0.1) is 5.92 Å². The molecule has 18 heavy (non-hydrogen) atoms. The Morgan fingerprint density at radius 3 is 2.78 bits per heavy atom. The third-order valence-electron chi connectivity index (χ3n) is 3.67. The van der Waals surface area contributed by atoms with E-state index >= 15 is 0 Å². The van der Waals surface area contributed by atoms with Gasteiger partial charge in [0.1, 0.15) is 0 Å². The van der Waals surface area contributed by atoms with Gasteiger partial charge in [0, 0.05) is 17.0 Å². The first-order valence-corrected chi connectivity index (χ1v) is 7.27. The second kappa shape index (κ2) is 6.83. The molecular formula is C15H21NOS. The van der Waals surface area contributed by atoms with Crippen molar-refractivity contribution in [1.82, 2.24) is 5.32 Å². The molecule has 0 heterocycles. The standard InChI is InChI=1S/C15H21NOS/c17-15(13-7-4-8-14(18)11-13)16-10-9-12-5-2-1-3-6-12/h4,7-8,11-12,18H,1-3,5-6,9-10H2,(H,16,17). The molecular weight excluding hydrogens is 242 g/mol. The van der Waals surface area contributed by atoms with Gasteiger partial charge in [-0.1, -0.05) is 38.2 Å². The molecule has 1 amide bonds. The lowest BCUT2D eigenvalue weighted by atomic mass is 9.87. The Kier molecular flexibility index (Phi) is 5.12. The van der Waals surface area contributed by atoms with Crippen LogP contribution in [0.25, 0.3) is 0 Å². The second-order valence-corrected chi connectivity index (χ2v) is 5.62. The highest BCUT2D eigenvalue weighted by Gasteiger charge is 2.13. The van der Waals surface area contributed by atoms with E-state index in [4.69, 9.17) is 0 Å². The van der Waals surface area contributed by atoms with Gasteiger partial charge in [0.05, 0.1) is 0 Å². The van der Waals surface area contributed by atoms with Crippen LogP contribution in [0.15, 0.2) is 29.2 Å². The SMILES string of the molecule is O=C(NCCC1CCCCC1)c1cccc(S)c1. The van der Waals surface area contributed by atoms with E-state index in [1.807, 2.05) is 18.2 Å². The molecule has 0 radical (unpaired) electrons. The predicted octanol–water partition coefficient (Wildman–Crippen LogP) is 3.68. The highest BCUT2D eigenvalue weighted by atomic mass is 32.1. The fourth-order valence-electron chi connectivity index (χ4n) is 2.61. The Bertz CT molecular complexity index is 399. The fraction of sp³-hybridized carbons (Fsp3) is 0.533. The van der Waals surface area contributed by atoms with Crippen LogP contribution in [0.3, 0.4) is 0 Å². The van der Waals surface area contributed by atoms with Gasteiger partial charge in [0.2, 0.25) is 0 Å². The smallest absolute Gasteiger partial charge is 0.251 e. The number of carbonyl (C=O) groups excluding carboxylic acids is 1. The number of rotatable bonds is 4. The molecule has 0 spiro atoms. The van der Waals surface area contributed by atoms with Crippen molar-refractivity contribution in [2.75, 3.05) is 6.54 Å². The molecule has 1 aliphatic rings. The zero-order chi connectivity index (χ0) is 12.8. The topological polar surface area (TPSA) is 29.1 Å². The third kappa shape index (κ3) is 4.05. The molecule has 2 rings (SSSR count). The summed E-state index contributed by atoms with van der Waals surface area (Å²) in [7, 11) is 0. The normalized spacial score (nSPS) is 16.5. The molecule has 1 aromatic rings. The summed E-state index contributed by atoms with van der Waals surface area (Å²) in [6.45, 7) is 0.792. The molecule has 1 saturated carbocycles. The molecule has 98 valence electrons. The Hall–Kier alpha value is -0.960. The summed E-state index contributed by atoms with van der Waals surface area (Å²) in [5, 5.41) is 3.00. The molecule has 0 aromatic heterocycles. The van der Waals surface area contributed by atoms with Gasteiger partial charge in [0.25, 0.3) is 5.91 Å². The molecule has 0 bridgehead atoms. The summed E-state index contributed by atoms with van der Waals surface area (Å²) < 4.78 is 0. The van der Waals surface area contributed by atoms with E-state index in [-0.39, 0.29) is 5.91 Å². The number of hydrogen-bond acceptors (Lipinski definition) is 2. The van der Waals surface area contributed by atoms with Crippen LogP contribution < -0.4 is 5.32 Å². The van der Waals surface area contributed by atoms with Crippen LogP contribution >= 0.6 is 12.6 Å². The Morgan fingerprint density at radius 2 is 2.06 bits per heavy atom. The van der Waals surface area contributed by atoms with E-state index in [0.717, 1.165) is 23.8 Å². The van der Waals surface area contributed by atoms with Crippen LogP contribution in [0.2, 0.25) is 0 Å². The predicted molar refractivity (Wildman–Crippen MR) is 77.2 cm³/mol. The quantitative estimate of drug-likeness (QED) is 0.797. The first-order chi connectivity index (χ1) is 8.75. The molecule has 1 fully saturated rings. The lowest BCUT2D eigenvalue weighted by Crippen LogP contribution is -2.26. The highest BCUT2D eigenvalue weighted by molar-refractivity contribution is 7.80. The van der Waals surface area contributed by atoms with Crippen molar-refractivity contribution >= 4 is 18.5 Å². The Balaban J connectivity index is 1.74. The highest BCUT2D eigenvalue weighted by Crippen LogP contribution is 2.25. The van der Waals surface area contributed by atoms with Gasteiger partial charge in [-0.05, 0) is 30.5 Å². The zero-order valence-corrected chi connectivity index (χ0v) is 11.6. The molecule has 1 N–H and O–H groups in total. The number of thiol groups is 1.